The molecule has 6 heteroatoms. The quantitative estimate of drug-likeness (QED) is 0.339. The minimum atomic E-state index is -1.35. The molecule has 40 heavy (non-hydrogen) atoms. The Hall–Kier alpha value is -4.97. The zero-order valence-corrected chi connectivity index (χ0v) is 21.8. The summed E-state index contributed by atoms with van der Waals surface area (Å²) in [6.45, 7) is 0. The number of fused-ring (bicyclic) bond motifs is 6. The van der Waals surface area contributed by atoms with Crippen molar-refractivity contribution in [2.75, 3.05) is 12.4 Å². The molecule has 0 aliphatic carbocycles. The maximum Gasteiger partial charge on any atom is 0.238 e. The molecular weight excluding hydrogens is 500 g/mol. The van der Waals surface area contributed by atoms with E-state index in [9.17, 15) is 14.4 Å². The van der Waals surface area contributed by atoms with Gasteiger partial charge in [0.1, 0.15) is 17.2 Å². The number of Topliss-reactive ketones (excluding diaryl/α,β-unsaturated/α-hetero) is 2. The summed E-state index contributed by atoms with van der Waals surface area (Å²) in [7, 11) is 1.55. The summed E-state index contributed by atoms with van der Waals surface area (Å²) in [6.07, 6.45) is 3.84. The summed E-state index contributed by atoms with van der Waals surface area (Å²) in [5.74, 6) is -1.25. The lowest BCUT2D eigenvalue weighted by Gasteiger charge is -2.38. The Balaban J connectivity index is 1.54. The number of ether oxygens (including phenoxy) is 1. The van der Waals surface area contributed by atoms with Crippen molar-refractivity contribution in [1.29, 1.82) is 0 Å². The molecule has 0 saturated carbocycles. The summed E-state index contributed by atoms with van der Waals surface area (Å²) in [6, 6.07) is 29.8. The molecule has 3 aliphatic rings. The fourth-order valence-corrected chi connectivity index (χ4v) is 6.90. The minimum Gasteiger partial charge on any atom is -0.497 e. The van der Waals surface area contributed by atoms with Crippen molar-refractivity contribution in [3.8, 4) is 5.75 Å². The number of carbonyl (C=O) groups is 3. The highest BCUT2D eigenvalue weighted by atomic mass is 16.5. The summed E-state index contributed by atoms with van der Waals surface area (Å²) in [4.78, 5) is 45.6. The SMILES string of the molecule is COc1cccc(C(=O)[C@@H]2[C@H](C(=O)c3ccccc3)N3C=Cc4ccccc4[C@@H]3[C@@]23C(=O)Nc2ccccc23)c1. The first-order valence-electron chi connectivity index (χ1n) is 13.3. The third-order valence-electron chi connectivity index (χ3n) is 8.53. The molecule has 7 rings (SSSR count). The van der Waals surface area contributed by atoms with Crippen LogP contribution in [-0.2, 0) is 10.2 Å². The van der Waals surface area contributed by atoms with Crippen LogP contribution in [0.5, 0.6) is 5.75 Å². The number of methoxy groups -OCH3 is 1. The van der Waals surface area contributed by atoms with Gasteiger partial charge in [0, 0.05) is 23.0 Å². The first-order chi connectivity index (χ1) is 19.6. The van der Waals surface area contributed by atoms with Gasteiger partial charge in [-0.25, -0.2) is 0 Å². The highest BCUT2D eigenvalue weighted by Gasteiger charge is 2.70. The van der Waals surface area contributed by atoms with Crippen LogP contribution in [0.25, 0.3) is 6.08 Å². The Bertz CT molecular complexity index is 1710. The van der Waals surface area contributed by atoms with Crippen LogP contribution in [-0.4, -0.2) is 35.5 Å². The van der Waals surface area contributed by atoms with Gasteiger partial charge < -0.3 is 15.0 Å². The van der Waals surface area contributed by atoms with Crippen molar-refractivity contribution in [2.45, 2.75) is 17.5 Å². The molecule has 0 radical (unpaired) electrons. The van der Waals surface area contributed by atoms with Crippen molar-refractivity contribution in [1.82, 2.24) is 4.90 Å². The van der Waals surface area contributed by atoms with Crippen LogP contribution in [0.15, 0.2) is 109 Å². The lowest BCUT2D eigenvalue weighted by Crippen LogP contribution is -2.49. The topological polar surface area (TPSA) is 75.7 Å². The van der Waals surface area contributed by atoms with E-state index < -0.39 is 23.4 Å². The van der Waals surface area contributed by atoms with Gasteiger partial charge in [-0.15, -0.1) is 0 Å². The van der Waals surface area contributed by atoms with E-state index in [2.05, 4.69) is 5.32 Å². The second-order valence-electron chi connectivity index (χ2n) is 10.4. The summed E-state index contributed by atoms with van der Waals surface area (Å²) < 4.78 is 5.43. The van der Waals surface area contributed by atoms with Crippen molar-refractivity contribution < 1.29 is 19.1 Å². The van der Waals surface area contributed by atoms with Gasteiger partial charge in [0.05, 0.1) is 19.1 Å². The summed E-state index contributed by atoms with van der Waals surface area (Å²) in [5, 5.41) is 3.07. The van der Waals surface area contributed by atoms with Crippen LogP contribution in [0, 0.1) is 5.92 Å². The highest BCUT2D eigenvalue weighted by Crippen LogP contribution is 2.62. The maximum atomic E-state index is 14.8. The number of amides is 1. The molecule has 1 fully saturated rings. The van der Waals surface area contributed by atoms with Gasteiger partial charge in [0.15, 0.2) is 11.6 Å². The average Bonchev–Trinajstić information content (AvgIpc) is 3.49. The number of carbonyl (C=O) groups excluding carboxylic acids is 3. The van der Waals surface area contributed by atoms with Crippen LogP contribution >= 0.6 is 0 Å². The normalized spacial score (nSPS) is 23.8. The van der Waals surface area contributed by atoms with Gasteiger partial charge in [0.25, 0.3) is 0 Å². The van der Waals surface area contributed by atoms with Crippen LogP contribution in [0.1, 0.15) is 43.4 Å². The predicted octanol–water partition coefficient (Wildman–Crippen LogP) is 5.68. The molecular formula is C34H26N2O4. The van der Waals surface area contributed by atoms with Gasteiger partial charge in [-0.05, 0) is 41.0 Å². The molecule has 4 aromatic carbocycles. The van der Waals surface area contributed by atoms with Gasteiger partial charge in [0.2, 0.25) is 5.91 Å². The van der Waals surface area contributed by atoms with Crippen molar-refractivity contribution in [2.24, 2.45) is 5.92 Å². The van der Waals surface area contributed by atoms with Gasteiger partial charge in [-0.1, -0.05) is 84.9 Å². The molecule has 1 spiro atoms. The molecule has 3 aliphatic heterocycles. The van der Waals surface area contributed by atoms with E-state index in [1.807, 2.05) is 83.9 Å². The predicted molar refractivity (Wildman–Crippen MR) is 152 cm³/mol. The molecule has 1 N–H and O–H groups in total. The monoisotopic (exact) mass is 526 g/mol. The number of para-hydroxylation sites is 1. The second kappa shape index (κ2) is 9.06. The number of nitrogens with zero attached hydrogens (tertiary/aromatic N) is 1. The first kappa shape index (κ1) is 24.1. The fraction of sp³-hybridized carbons (Fsp3) is 0.147. The molecule has 0 unspecified atom stereocenters. The Morgan fingerprint density at radius 3 is 2.38 bits per heavy atom. The number of benzene rings is 4. The molecule has 6 nitrogen and oxygen atoms in total. The summed E-state index contributed by atoms with van der Waals surface area (Å²) in [5.41, 5.74) is 2.78. The molecule has 1 saturated heterocycles. The minimum absolute atomic E-state index is 0.204. The van der Waals surface area contributed by atoms with Gasteiger partial charge in [-0.2, -0.15) is 0 Å². The van der Waals surface area contributed by atoms with Crippen molar-refractivity contribution >= 4 is 29.2 Å². The van der Waals surface area contributed by atoms with Crippen LogP contribution in [0.4, 0.5) is 5.69 Å². The Labute approximate surface area is 231 Å². The zero-order valence-electron chi connectivity index (χ0n) is 21.8. The smallest absolute Gasteiger partial charge is 0.238 e. The number of rotatable bonds is 5. The number of nitrogens with one attached hydrogen (secondary N) is 1. The standard InChI is InChI=1S/C34H26N2O4/c1-40-24-14-9-13-23(20-24)30(37)28-29(31(38)22-11-3-2-4-12-22)36-19-18-21-10-5-6-15-25(21)32(36)34(28)26-16-7-8-17-27(26)35-33(34)39/h2-20,28-29,32H,1H3,(H,35,39)/t28-,29+,32+,34-/m0/s1. The third-order valence-corrected chi connectivity index (χ3v) is 8.53. The van der Waals surface area contributed by atoms with E-state index in [4.69, 9.17) is 4.74 Å². The molecule has 3 heterocycles. The molecule has 0 aromatic heterocycles. The maximum absolute atomic E-state index is 14.8. The van der Waals surface area contributed by atoms with Crippen LogP contribution in [0.2, 0.25) is 0 Å². The van der Waals surface area contributed by atoms with Crippen molar-refractivity contribution in [3.05, 3.63) is 137 Å². The van der Waals surface area contributed by atoms with E-state index in [0.717, 1.165) is 16.7 Å². The highest BCUT2D eigenvalue weighted by molar-refractivity contribution is 6.16. The van der Waals surface area contributed by atoms with E-state index in [-0.39, 0.29) is 17.5 Å². The molecule has 0 bridgehead atoms. The lowest BCUT2D eigenvalue weighted by atomic mass is 9.62. The van der Waals surface area contributed by atoms with Crippen LogP contribution < -0.4 is 10.1 Å². The van der Waals surface area contributed by atoms with E-state index in [1.165, 1.54) is 0 Å². The lowest BCUT2D eigenvalue weighted by molar-refractivity contribution is -0.122. The third kappa shape index (κ3) is 3.26. The Morgan fingerprint density at radius 1 is 0.825 bits per heavy atom. The van der Waals surface area contributed by atoms with Gasteiger partial charge in [-0.3, -0.25) is 14.4 Å². The van der Waals surface area contributed by atoms with Crippen LogP contribution in [0.3, 0.4) is 0 Å². The molecule has 4 aromatic rings. The van der Waals surface area contributed by atoms with Crippen molar-refractivity contribution in [3.63, 3.8) is 0 Å². The van der Waals surface area contributed by atoms with E-state index in [1.54, 1.807) is 43.5 Å². The largest absolute Gasteiger partial charge is 0.497 e. The number of anilines is 1. The van der Waals surface area contributed by atoms with E-state index >= 15 is 0 Å². The molecule has 1 amide bonds. The van der Waals surface area contributed by atoms with Gasteiger partial charge >= 0.3 is 0 Å². The zero-order chi connectivity index (χ0) is 27.4. The summed E-state index contributed by atoms with van der Waals surface area (Å²) >= 11 is 0. The molecule has 196 valence electrons. The number of hydrogen-bond acceptors (Lipinski definition) is 5. The first-order valence-corrected chi connectivity index (χ1v) is 13.3. The Morgan fingerprint density at radius 2 is 1.55 bits per heavy atom. The van der Waals surface area contributed by atoms with E-state index in [0.29, 0.717) is 22.6 Å². The second-order valence-corrected chi connectivity index (χ2v) is 10.4. The number of hydrogen-bond donors (Lipinski definition) is 1. The Kier molecular flexibility index (Phi) is 5.46. The fourth-order valence-electron chi connectivity index (χ4n) is 6.90. The molecule has 4 atom stereocenters. The average molecular weight is 527 g/mol. The number of ketones is 2.